The summed E-state index contributed by atoms with van der Waals surface area (Å²) in [6.07, 6.45) is 2.10. The highest BCUT2D eigenvalue weighted by atomic mass is 16.2. The van der Waals surface area contributed by atoms with Gasteiger partial charge in [0.25, 0.3) is 0 Å². The van der Waals surface area contributed by atoms with Crippen molar-refractivity contribution in [3.63, 3.8) is 0 Å². The Hall–Kier alpha value is -2.30. The van der Waals surface area contributed by atoms with Crippen LogP contribution in [-0.4, -0.2) is 33.8 Å². The van der Waals surface area contributed by atoms with Crippen molar-refractivity contribution in [2.75, 3.05) is 13.1 Å². The van der Waals surface area contributed by atoms with E-state index in [1.165, 1.54) is 16.8 Å². The average Bonchev–Trinajstić information content (AvgIpc) is 3.20. The van der Waals surface area contributed by atoms with Gasteiger partial charge in [0.05, 0.1) is 11.7 Å². The van der Waals surface area contributed by atoms with Gasteiger partial charge in [-0.1, -0.05) is 31.2 Å². The minimum atomic E-state index is 0.0518. The highest BCUT2D eigenvalue weighted by Gasteiger charge is 2.30. The molecule has 0 bridgehead atoms. The third-order valence-electron chi connectivity index (χ3n) is 5.25. The summed E-state index contributed by atoms with van der Waals surface area (Å²) >= 11 is 0. The van der Waals surface area contributed by atoms with E-state index in [1.54, 1.807) is 0 Å². The first-order valence-electron chi connectivity index (χ1n) is 9.56. The van der Waals surface area contributed by atoms with Crippen molar-refractivity contribution in [3.05, 3.63) is 52.8 Å². The number of urea groups is 1. The van der Waals surface area contributed by atoms with Crippen molar-refractivity contribution in [3.8, 4) is 0 Å². The lowest BCUT2D eigenvalue weighted by atomic mass is 9.99. The molecular weight excluding hydrogens is 324 g/mol. The number of carbonyl (C=O) groups is 1. The van der Waals surface area contributed by atoms with Gasteiger partial charge in [0.2, 0.25) is 0 Å². The van der Waals surface area contributed by atoms with Gasteiger partial charge in [0.1, 0.15) is 0 Å². The summed E-state index contributed by atoms with van der Waals surface area (Å²) in [5, 5.41) is 7.65. The smallest absolute Gasteiger partial charge is 0.317 e. The molecule has 5 nitrogen and oxygen atoms in total. The van der Waals surface area contributed by atoms with Gasteiger partial charge in [0, 0.05) is 25.3 Å². The minimum Gasteiger partial charge on any atom is -0.338 e. The predicted octanol–water partition coefficient (Wildman–Crippen LogP) is 3.99. The van der Waals surface area contributed by atoms with E-state index in [2.05, 4.69) is 61.5 Å². The Morgan fingerprint density at radius 3 is 2.77 bits per heavy atom. The van der Waals surface area contributed by atoms with Crippen molar-refractivity contribution in [2.24, 2.45) is 5.92 Å². The highest BCUT2D eigenvalue weighted by molar-refractivity contribution is 5.75. The number of likely N-dealkylation sites (tertiary alicyclic amines) is 1. The second kappa shape index (κ2) is 7.94. The van der Waals surface area contributed by atoms with Crippen molar-refractivity contribution in [2.45, 2.75) is 53.1 Å². The Kier molecular flexibility index (Phi) is 5.64. The van der Waals surface area contributed by atoms with Gasteiger partial charge in [-0.2, -0.15) is 5.10 Å². The largest absolute Gasteiger partial charge is 0.338 e. The number of benzene rings is 1. The van der Waals surface area contributed by atoms with E-state index >= 15 is 0 Å². The number of aromatic nitrogens is 2. The Labute approximate surface area is 156 Å². The molecule has 3 rings (SSSR count). The Morgan fingerprint density at radius 2 is 2.08 bits per heavy atom. The lowest BCUT2D eigenvalue weighted by molar-refractivity contribution is 0.190. The van der Waals surface area contributed by atoms with Crippen LogP contribution in [0.5, 0.6) is 0 Å². The van der Waals surface area contributed by atoms with Gasteiger partial charge >= 0.3 is 6.03 Å². The Morgan fingerprint density at radius 1 is 1.31 bits per heavy atom. The van der Waals surface area contributed by atoms with Crippen LogP contribution >= 0.6 is 0 Å². The van der Waals surface area contributed by atoms with E-state index in [-0.39, 0.29) is 12.1 Å². The van der Waals surface area contributed by atoms with Gasteiger partial charge in [-0.25, -0.2) is 4.79 Å². The van der Waals surface area contributed by atoms with Crippen LogP contribution in [0.15, 0.2) is 30.3 Å². The van der Waals surface area contributed by atoms with E-state index in [1.807, 2.05) is 16.5 Å². The minimum absolute atomic E-state index is 0.0518. The SMILES string of the molecule is Cc1cc(C)n(CC(C)CNC(=O)N2CCCC2c2ccccc2C)n1. The number of nitrogens with zero attached hydrogens (tertiary/aromatic N) is 3. The Balaban J connectivity index is 1.57. The number of carbonyl (C=O) groups excluding carboxylic acids is 1. The molecule has 1 fully saturated rings. The Bertz CT molecular complexity index is 767. The lowest BCUT2D eigenvalue weighted by Crippen LogP contribution is -2.41. The van der Waals surface area contributed by atoms with Gasteiger partial charge in [-0.15, -0.1) is 0 Å². The summed E-state index contributed by atoms with van der Waals surface area (Å²) < 4.78 is 2.03. The third kappa shape index (κ3) is 4.09. The fourth-order valence-electron chi connectivity index (χ4n) is 3.88. The molecule has 1 aromatic carbocycles. The van der Waals surface area contributed by atoms with Crippen LogP contribution in [0, 0.1) is 26.7 Å². The van der Waals surface area contributed by atoms with Crippen LogP contribution in [0.4, 0.5) is 4.79 Å². The van der Waals surface area contributed by atoms with Crippen LogP contribution < -0.4 is 5.32 Å². The van der Waals surface area contributed by atoms with Gasteiger partial charge < -0.3 is 10.2 Å². The van der Waals surface area contributed by atoms with Gasteiger partial charge in [0.15, 0.2) is 0 Å². The maximum Gasteiger partial charge on any atom is 0.317 e. The summed E-state index contributed by atoms with van der Waals surface area (Å²) in [5.41, 5.74) is 4.74. The summed E-state index contributed by atoms with van der Waals surface area (Å²) in [5.74, 6) is 0.330. The van der Waals surface area contributed by atoms with E-state index < -0.39 is 0 Å². The molecule has 2 amide bonds. The first kappa shape index (κ1) is 18.5. The molecule has 2 unspecified atom stereocenters. The second-order valence-corrected chi connectivity index (χ2v) is 7.61. The standard InChI is InChI=1S/C21H30N4O/c1-15(14-25-18(4)12-17(3)23-25)13-22-21(26)24-11-7-10-20(24)19-9-6-5-8-16(19)2/h5-6,8-9,12,15,20H,7,10-11,13-14H2,1-4H3,(H,22,26). The summed E-state index contributed by atoms with van der Waals surface area (Å²) in [6, 6.07) is 10.7. The second-order valence-electron chi connectivity index (χ2n) is 7.61. The zero-order valence-corrected chi connectivity index (χ0v) is 16.3. The van der Waals surface area contributed by atoms with Crippen molar-refractivity contribution < 1.29 is 4.79 Å². The quantitative estimate of drug-likeness (QED) is 0.882. The number of hydrogen-bond donors (Lipinski definition) is 1. The summed E-state index contributed by atoms with van der Waals surface area (Å²) in [6.45, 7) is 10.7. The monoisotopic (exact) mass is 354 g/mol. The maximum atomic E-state index is 12.8. The molecule has 140 valence electrons. The highest BCUT2D eigenvalue weighted by Crippen LogP contribution is 2.33. The molecule has 0 saturated carbocycles. The molecule has 0 spiro atoms. The fraction of sp³-hybridized carbons (Fsp3) is 0.524. The number of amides is 2. The molecular formula is C21H30N4O. The van der Waals surface area contributed by atoms with E-state index in [0.29, 0.717) is 12.5 Å². The molecule has 1 N–H and O–H groups in total. The van der Waals surface area contributed by atoms with E-state index in [0.717, 1.165) is 31.6 Å². The molecule has 5 heteroatoms. The van der Waals surface area contributed by atoms with Crippen molar-refractivity contribution in [1.82, 2.24) is 20.0 Å². The normalized spacial score (nSPS) is 18.2. The number of hydrogen-bond acceptors (Lipinski definition) is 2. The van der Waals surface area contributed by atoms with Crippen LogP contribution in [0.25, 0.3) is 0 Å². The van der Waals surface area contributed by atoms with Gasteiger partial charge in [-0.3, -0.25) is 4.68 Å². The summed E-state index contributed by atoms with van der Waals surface area (Å²) in [7, 11) is 0. The topological polar surface area (TPSA) is 50.2 Å². The molecule has 2 heterocycles. The predicted molar refractivity (Wildman–Crippen MR) is 104 cm³/mol. The molecule has 2 atom stereocenters. The molecule has 1 aliphatic heterocycles. The van der Waals surface area contributed by atoms with Crippen LogP contribution in [0.1, 0.15) is 48.3 Å². The third-order valence-corrected chi connectivity index (χ3v) is 5.25. The molecule has 1 aromatic heterocycles. The molecule has 1 saturated heterocycles. The maximum absolute atomic E-state index is 12.8. The first-order valence-corrected chi connectivity index (χ1v) is 9.56. The summed E-state index contributed by atoms with van der Waals surface area (Å²) in [4.78, 5) is 14.8. The van der Waals surface area contributed by atoms with Gasteiger partial charge in [-0.05, 0) is 56.7 Å². The molecule has 0 aliphatic carbocycles. The molecule has 26 heavy (non-hydrogen) atoms. The number of nitrogens with one attached hydrogen (secondary N) is 1. The molecule has 2 aromatic rings. The van der Waals surface area contributed by atoms with Crippen LogP contribution in [0.3, 0.4) is 0 Å². The fourth-order valence-corrected chi connectivity index (χ4v) is 3.88. The van der Waals surface area contributed by atoms with E-state index in [4.69, 9.17) is 0 Å². The van der Waals surface area contributed by atoms with Crippen molar-refractivity contribution in [1.29, 1.82) is 0 Å². The van der Waals surface area contributed by atoms with Crippen molar-refractivity contribution >= 4 is 6.03 Å². The zero-order valence-electron chi connectivity index (χ0n) is 16.3. The van der Waals surface area contributed by atoms with E-state index in [9.17, 15) is 4.79 Å². The number of aryl methyl sites for hydroxylation is 3. The molecule has 1 aliphatic rings. The average molecular weight is 354 g/mol. The first-order chi connectivity index (χ1) is 12.5. The lowest BCUT2D eigenvalue weighted by Gasteiger charge is -2.27. The molecule has 0 radical (unpaired) electrons. The number of rotatable bonds is 5. The van der Waals surface area contributed by atoms with Crippen LogP contribution in [-0.2, 0) is 6.54 Å². The zero-order chi connectivity index (χ0) is 18.7. The van der Waals surface area contributed by atoms with Crippen LogP contribution in [0.2, 0.25) is 0 Å².